The van der Waals surface area contributed by atoms with Crippen molar-refractivity contribution in [2.75, 3.05) is 13.1 Å². The standard InChI is InChI=1S/C13H14ClN3O/c14-10-3-1-9(2-4-10)11-16-12(18)13(17-11)5-7-15-8-6-13/h1-4,15H,5-8H2,(H,16,17,18). The third kappa shape index (κ3) is 1.91. The molecule has 0 saturated carbocycles. The molecule has 18 heavy (non-hydrogen) atoms. The van der Waals surface area contributed by atoms with Gasteiger partial charge in [0.15, 0.2) is 0 Å². The molecule has 2 aliphatic rings. The Labute approximate surface area is 110 Å². The lowest BCUT2D eigenvalue weighted by atomic mass is 9.89. The molecule has 0 aromatic heterocycles. The Bertz CT molecular complexity index is 503. The van der Waals surface area contributed by atoms with Crippen LogP contribution in [0.15, 0.2) is 29.3 Å². The molecule has 0 aliphatic carbocycles. The van der Waals surface area contributed by atoms with Gasteiger partial charge in [-0.15, -0.1) is 0 Å². The largest absolute Gasteiger partial charge is 0.317 e. The van der Waals surface area contributed by atoms with Gasteiger partial charge in [0.2, 0.25) is 0 Å². The van der Waals surface area contributed by atoms with Crippen LogP contribution in [-0.2, 0) is 4.79 Å². The molecule has 94 valence electrons. The number of halogens is 1. The van der Waals surface area contributed by atoms with Gasteiger partial charge in [-0.25, -0.2) is 0 Å². The van der Waals surface area contributed by atoms with Gasteiger partial charge in [0, 0.05) is 10.6 Å². The molecular formula is C13H14ClN3O. The van der Waals surface area contributed by atoms with Gasteiger partial charge in [-0.05, 0) is 50.2 Å². The number of amidine groups is 1. The van der Waals surface area contributed by atoms with Crippen molar-refractivity contribution in [3.8, 4) is 0 Å². The first-order valence-electron chi connectivity index (χ1n) is 6.08. The third-order valence-electron chi connectivity index (χ3n) is 3.53. The molecular weight excluding hydrogens is 250 g/mol. The second-order valence-corrected chi connectivity index (χ2v) is 5.14. The second kappa shape index (κ2) is 4.37. The summed E-state index contributed by atoms with van der Waals surface area (Å²) in [5, 5.41) is 6.82. The number of nitrogens with zero attached hydrogens (tertiary/aromatic N) is 1. The van der Waals surface area contributed by atoms with E-state index in [1.807, 2.05) is 12.1 Å². The van der Waals surface area contributed by atoms with Crippen LogP contribution >= 0.6 is 11.6 Å². The molecule has 1 aromatic rings. The van der Waals surface area contributed by atoms with E-state index in [0.717, 1.165) is 31.5 Å². The summed E-state index contributed by atoms with van der Waals surface area (Å²) in [6.07, 6.45) is 1.52. The van der Waals surface area contributed by atoms with Crippen molar-refractivity contribution in [3.05, 3.63) is 34.9 Å². The maximum absolute atomic E-state index is 12.1. The highest BCUT2D eigenvalue weighted by Gasteiger charge is 2.44. The first kappa shape index (κ1) is 11.7. The number of nitrogens with one attached hydrogen (secondary N) is 2. The molecule has 3 rings (SSSR count). The molecule has 5 heteroatoms. The fourth-order valence-corrected chi connectivity index (χ4v) is 2.57. The van der Waals surface area contributed by atoms with Gasteiger partial charge in [-0.2, -0.15) is 0 Å². The van der Waals surface area contributed by atoms with Crippen LogP contribution in [0.3, 0.4) is 0 Å². The van der Waals surface area contributed by atoms with E-state index in [4.69, 9.17) is 11.6 Å². The van der Waals surface area contributed by atoms with E-state index in [1.54, 1.807) is 12.1 Å². The van der Waals surface area contributed by atoms with Crippen LogP contribution in [0.5, 0.6) is 0 Å². The van der Waals surface area contributed by atoms with Crippen molar-refractivity contribution in [2.24, 2.45) is 4.99 Å². The summed E-state index contributed by atoms with van der Waals surface area (Å²) in [5.41, 5.74) is 0.350. The number of carbonyl (C=O) groups excluding carboxylic acids is 1. The summed E-state index contributed by atoms with van der Waals surface area (Å²) in [4.78, 5) is 16.8. The van der Waals surface area contributed by atoms with E-state index in [-0.39, 0.29) is 5.91 Å². The normalized spacial score (nSPS) is 21.8. The van der Waals surface area contributed by atoms with Crippen molar-refractivity contribution < 1.29 is 4.79 Å². The molecule has 2 heterocycles. The third-order valence-corrected chi connectivity index (χ3v) is 3.78. The monoisotopic (exact) mass is 263 g/mol. The number of aliphatic imine (C=N–C) groups is 1. The van der Waals surface area contributed by atoms with Gasteiger partial charge in [-0.3, -0.25) is 9.79 Å². The van der Waals surface area contributed by atoms with Crippen LogP contribution in [0, 0.1) is 0 Å². The first-order chi connectivity index (χ1) is 8.70. The average molecular weight is 264 g/mol. The van der Waals surface area contributed by atoms with Gasteiger partial charge in [0.25, 0.3) is 5.91 Å². The van der Waals surface area contributed by atoms with Gasteiger partial charge in [0.1, 0.15) is 11.4 Å². The number of carbonyl (C=O) groups is 1. The lowest BCUT2D eigenvalue weighted by Gasteiger charge is -2.28. The van der Waals surface area contributed by atoms with Gasteiger partial charge < -0.3 is 10.6 Å². The number of amides is 1. The van der Waals surface area contributed by atoms with E-state index < -0.39 is 5.54 Å². The van der Waals surface area contributed by atoms with Crippen LogP contribution < -0.4 is 10.6 Å². The van der Waals surface area contributed by atoms with Gasteiger partial charge in [0.05, 0.1) is 0 Å². The van der Waals surface area contributed by atoms with E-state index in [9.17, 15) is 4.79 Å². The summed E-state index contributed by atoms with van der Waals surface area (Å²) in [7, 11) is 0. The van der Waals surface area contributed by atoms with Crippen molar-refractivity contribution in [1.82, 2.24) is 10.6 Å². The molecule has 2 N–H and O–H groups in total. The van der Waals surface area contributed by atoms with Crippen LogP contribution in [0.25, 0.3) is 0 Å². The van der Waals surface area contributed by atoms with Crippen molar-refractivity contribution in [2.45, 2.75) is 18.4 Å². The minimum atomic E-state index is -0.555. The summed E-state index contributed by atoms with van der Waals surface area (Å²) in [5.74, 6) is 0.688. The minimum Gasteiger partial charge on any atom is -0.317 e. The molecule has 0 radical (unpaired) electrons. The zero-order valence-corrected chi connectivity index (χ0v) is 10.6. The van der Waals surface area contributed by atoms with E-state index in [2.05, 4.69) is 15.6 Å². The summed E-state index contributed by atoms with van der Waals surface area (Å²) < 4.78 is 0. The summed E-state index contributed by atoms with van der Waals surface area (Å²) in [6, 6.07) is 7.36. The number of hydrogen-bond acceptors (Lipinski definition) is 3. The highest BCUT2D eigenvalue weighted by Crippen LogP contribution is 2.28. The Kier molecular flexibility index (Phi) is 2.84. The highest BCUT2D eigenvalue weighted by molar-refractivity contribution is 6.30. The summed E-state index contributed by atoms with van der Waals surface area (Å²) in [6.45, 7) is 1.68. The molecule has 0 bridgehead atoms. The fraction of sp³-hybridized carbons (Fsp3) is 0.385. The molecule has 1 spiro atoms. The average Bonchev–Trinajstić information content (AvgIpc) is 2.69. The Morgan fingerprint density at radius 1 is 1.17 bits per heavy atom. The maximum atomic E-state index is 12.1. The van der Waals surface area contributed by atoms with Crippen molar-refractivity contribution in [1.29, 1.82) is 0 Å². The Morgan fingerprint density at radius 2 is 1.83 bits per heavy atom. The van der Waals surface area contributed by atoms with Crippen LogP contribution in [0.4, 0.5) is 0 Å². The van der Waals surface area contributed by atoms with Crippen LogP contribution in [0.1, 0.15) is 18.4 Å². The van der Waals surface area contributed by atoms with E-state index in [1.165, 1.54) is 0 Å². The summed E-state index contributed by atoms with van der Waals surface area (Å²) >= 11 is 5.85. The smallest absolute Gasteiger partial charge is 0.253 e. The molecule has 0 unspecified atom stereocenters. The van der Waals surface area contributed by atoms with Crippen LogP contribution in [0.2, 0.25) is 5.02 Å². The van der Waals surface area contributed by atoms with Crippen molar-refractivity contribution >= 4 is 23.3 Å². The highest BCUT2D eigenvalue weighted by atomic mass is 35.5. The number of rotatable bonds is 1. The van der Waals surface area contributed by atoms with E-state index >= 15 is 0 Å². The zero-order chi connectivity index (χ0) is 12.6. The first-order valence-corrected chi connectivity index (χ1v) is 6.45. The Morgan fingerprint density at radius 3 is 2.50 bits per heavy atom. The molecule has 0 atom stereocenters. The topological polar surface area (TPSA) is 53.5 Å². The molecule has 1 aromatic carbocycles. The Balaban J connectivity index is 1.92. The van der Waals surface area contributed by atoms with Crippen molar-refractivity contribution in [3.63, 3.8) is 0 Å². The lowest BCUT2D eigenvalue weighted by molar-refractivity contribution is -0.124. The zero-order valence-electron chi connectivity index (χ0n) is 9.87. The molecule has 4 nitrogen and oxygen atoms in total. The molecule has 1 fully saturated rings. The minimum absolute atomic E-state index is 0.0222. The predicted octanol–water partition coefficient (Wildman–Crippen LogP) is 1.34. The fourth-order valence-electron chi connectivity index (χ4n) is 2.44. The Hall–Kier alpha value is -1.39. The second-order valence-electron chi connectivity index (χ2n) is 4.70. The van der Waals surface area contributed by atoms with Crippen LogP contribution in [-0.4, -0.2) is 30.4 Å². The quantitative estimate of drug-likeness (QED) is 0.803. The van der Waals surface area contributed by atoms with Gasteiger partial charge in [-0.1, -0.05) is 11.6 Å². The number of piperidine rings is 1. The lowest BCUT2D eigenvalue weighted by Crippen LogP contribution is -2.47. The number of benzene rings is 1. The molecule has 1 amide bonds. The predicted molar refractivity (Wildman–Crippen MR) is 71.0 cm³/mol. The van der Waals surface area contributed by atoms with Gasteiger partial charge >= 0.3 is 0 Å². The SMILES string of the molecule is O=C1NC(c2ccc(Cl)cc2)=NC12CCNCC2. The molecule has 2 aliphatic heterocycles. The maximum Gasteiger partial charge on any atom is 0.253 e. The molecule has 1 saturated heterocycles. The van der Waals surface area contributed by atoms with E-state index in [0.29, 0.717) is 10.9 Å². The number of hydrogen-bond donors (Lipinski definition) is 2.